The summed E-state index contributed by atoms with van der Waals surface area (Å²) in [7, 11) is 0. The summed E-state index contributed by atoms with van der Waals surface area (Å²) in [6, 6.07) is 10.8. The van der Waals surface area contributed by atoms with Crippen LogP contribution in [0.2, 0.25) is 0 Å². The van der Waals surface area contributed by atoms with Crippen molar-refractivity contribution < 1.29 is 0 Å². The summed E-state index contributed by atoms with van der Waals surface area (Å²) in [5.74, 6) is 0.364. The number of benzene rings is 1. The quantitative estimate of drug-likeness (QED) is 0.877. The van der Waals surface area contributed by atoms with E-state index in [0.29, 0.717) is 12.5 Å². The third-order valence-corrected chi connectivity index (χ3v) is 3.94. The number of aryl methyl sites for hydroxylation is 3. The average Bonchev–Trinajstić information content (AvgIpc) is 2.88. The Balaban J connectivity index is 2.26. The van der Waals surface area contributed by atoms with Gasteiger partial charge < -0.3 is 5.73 Å². The first kappa shape index (κ1) is 14.8. The van der Waals surface area contributed by atoms with Gasteiger partial charge >= 0.3 is 0 Å². The lowest BCUT2D eigenvalue weighted by atomic mass is 9.91. The fourth-order valence-corrected chi connectivity index (χ4v) is 2.74. The van der Waals surface area contributed by atoms with Crippen molar-refractivity contribution in [2.24, 2.45) is 5.73 Å². The van der Waals surface area contributed by atoms with Crippen LogP contribution in [0, 0.1) is 6.92 Å². The summed E-state index contributed by atoms with van der Waals surface area (Å²) < 4.78 is 2.11. The molecule has 1 aromatic carbocycles. The van der Waals surface area contributed by atoms with E-state index in [2.05, 4.69) is 60.9 Å². The summed E-state index contributed by atoms with van der Waals surface area (Å²) in [5.41, 5.74) is 11.2. The minimum atomic E-state index is 0.364. The Kier molecular flexibility index (Phi) is 4.96. The lowest BCUT2D eigenvalue weighted by Crippen LogP contribution is -2.18. The second-order valence-corrected chi connectivity index (χ2v) is 5.29. The van der Waals surface area contributed by atoms with E-state index in [1.807, 2.05) is 0 Å². The van der Waals surface area contributed by atoms with Crippen LogP contribution in [-0.2, 0) is 19.4 Å². The summed E-state index contributed by atoms with van der Waals surface area (Å²) in [4.78, 5) is 0. The van der Waals surface area contributed by atoms with Gasteiger partial charge in [0.15, 0.2) is 0 Å². The standard InChI is InChI=1S/C17H25N3/c1-4-15-11-16(20(5-2)19-15)10-14(12-18)17-9-7-6-8-13(17)3/h6-9,11,14H,4-5,10,12,18H2,1-3H3. The summed E-state index contributed by atoms with van der Waals surface area (Å²) >= 11 is 0. The number of hydrogen-bond acceptors (Lipinski definition) is 2. The van der Waals surface area contributed by atoms with Crippen molar-refractivity contribution in [3.05, 3.63) is 52.8 Å². The highest BCUT2D eigenvalue weighted by Crippen LogP contribution is 2.23. The predicted molar refractivity (Wildman–Crippen MR) is 84.0 cm³/mol. The molecule has 2 rings (SSSR count). The third-order valence-electron chi connectivity index (χ3n) is 3.94. The normalized spacial score (nSPS) is 12.6. The second kappa shape index (κ2) is 6.71. The highest BCUT2D eigenvalue weighted by molar-refractivity contribution is 5.31. The maximum Gasteiger partial charge on any atom is 0.0624 e. The van der Waals surface area contributed by atoms with Crippen LogP contribution in [0.5, 0.6) is 0 Å². The van der Waals surface area contributed by atoms with Crippen molar-refractivity contribution in [2.75, 3.05) is 6.54 Å². The molecule has 2 aromatic rings. The lowest BCUT2D eigenvalue weighted by Gasteiger charge is -2.18. The maximum absolute atomic E-state index is 6.02. The van der Waals surface area contributed by atoms with Gasteiger partial charge in [0.1, 0.15) is 0 Å². The molecule has 0 saturated carbocycles. The van der Waals surface area contributed by atoms with Crippen LogP contribution >= 0.6 is 0 Å². The van der Waals surface area contributed by atoms with Gasteiger partial charge in [-0.25, -0.2) is 0 Å². The highest BCUT2D eigenvalue weighted by atomic mass is 15.3. The van der Waals surface area contributed by atoms with E-state index < -0.39 is 0 Å². The molecule has 1 unspecified atom stereocenters. The van der Waals surface area contributed by atoms with Crippen molar-refractivity contribution >= 4 is 0 Å². The van der Waals surface area contributed by atoms with Crippen molar-refractivity contribution in [1.29, 1.82) is 0 Å². The summed E-state index contributed by atoms with van der Waals surface area (Å²) in [6.45, 7) is 8.03. The van der Waals surface area contributed by atoms with Gasteiger partial charge in [-0.05, 0) is 50.4 Å². The molecule has 0 radical (unpaired) electrons. The molecule has 2 N–H and O–H groups in total. The predicted octanol–water partition coefficient (Wildman–Crippen LogP) is 3.06. The number of hydrogen-bond donors (Lipinski definition) is 1. The van der Waals surface area contributed by atoms with Crippen molar-refractivity contribution in [3.8, 4) is 0 Å². The minimum absolute atomic E-state index is 0.364. The van der Waals surface area contributed by atoms with E-state index in [-0.39, 0.29) is 0 Å². The molecule has 20 heavy (non-hydrogen) atoms. The van der Waals surface area contributed by atoms with Crippen molar-refractivity contribution in [3.63, 3.8) is 0 Å². The third kappa shape index (κ3) is 3.10. The molecule has 108 valence electrons. The molecular weight excluding hydrogens is 246 g/mol. The zero-order valence-electron chi connectivity index (χ0n) is 12.8. The molecule has 0 aliphatic heterocycles. The molecule has 0 aliphatic rings. The maximum atomic E-state index is 6.02. The Bertz CT molecular complexity index is 557. The van der Waals surface area contributed by atoms with Crippen LogP contribution in [0.1, 0.15) is 42.3 Å². The molecule has 1 atom stereocenters. The second-order valence-electron chi connectivity index (χ2n) is 5.29. The Morgan fingerprint density at radius 2 is 2.00 bits per heavy atom. The molecule has 0 bridgehead atoms. The van der Waals surface area contributed by atoms with Crippen LogP contribution in [0.4, 0.5) is 0 Å². The Labute approximate surface area is 121 Å². The molecule has 0 fully saturated rings. The first-order valence-corrected chi connectivity index (χ1v) is 7.50. The van der Waals surface area contributed by atoms with Crippen molar-refractivity contribution in [2.45, 2.75) is 46.1 Å². The Morgan fingerprint density at radius 3 is 2.60 bits per heavy atom. The molecule has 1 heterocycles. The van der Waals surface area contributed by atoms with E-state index in [1.54, 1.807) is 0 Å². The molecule has 0 amide bonds. The molecule has 0 saturated heterocycles. The van der Waals surface area contributed by atoms with Gasteiger partial charge in [-0.2, -0.15) is 5.10 Å². The van der Waals surface area contributed by atoms with Crippen LogP contribution in [0.3, 0.4) is 0 Å². The smallest absolute Gasteiger partial charge is 0.0624 e. The molecule has 3 nitrogen and oxygen atoms in total. The van der Waals surface area contributed by atoms with Crippen LogP contribution < -0.4 is 5.73 Å². The largest absolute Gasteiger partial charge is 0.330 e. The molecular formula is C17H25N3. The van der Waals surface area contributed by atoms with Gasteiger partial charge in [-0.1, -0.05) is 31.2 Å². The molecule has 0 aliphatic carbocycles. The molecule has 0 spiro atoms. The Hall–Kier alpha value is -1.61. The van der Waals surface area contributed by atoms with Gasteiger partial charge in [0.2, 0.25) is 0 Å². The van der Waals surface area contributed by atoms with E-state index in [0.717, 1.165) is 19.4 Å². The molecule has 3 heteroatoms. The summed E-state index contributed by atoms with van der Waals surface area (Å²) in [5, 5.41) is 4.63. The Morgan fingerprint density at radius 1 is 1.25 bits per heavy atom. The highest BCUT2D eigenvalue weighted by Gasteiger charge is 2.16. The SMILES string of the molecule is CCc1cc(CC(CN)c2ccccc2C)n(CC)n1. The van der Waals surface area contributed by atoms with E-state index in [4.69, 9.17) is 5.73 Å². The van der Waals surface area contributed by atoms with Gasteiger partial charge in [0.25, 0.3) is 0 Å². The fourth-order valence-electron chi connectivity index (χ4n) is 2.74. The topological polar surface area (TPSA) is 43.8 Å². The van der Waals surface area contributed by atoms with Gasteiger partial charge in [-0.15, -0.1) is 0 Å². The fraction of sp³-hybridized carbons (Fsp3) is 0.471. The monoisotopic (exact) mass is 271 g/mol. The minimum Gasteiger partial charge on any atom is -0.330 e. The number of nitrogens with zero attached hydrogens (tertiary/aromatic N) is 2. The lowest BCUT2D eigenvalue weighted by molar-refractivity contribution is 0.580. The van der Waals surface area contributed by atoms with E-state index in [9.17, 15) is 0 Å². The van der Waals surface area contributed by atoms with Gasteiger partial charge in [-0.3, -0.25) is 4.68 Å². The number of rotatable bonds is 6. The van der Waals surface area contributed by atoms with Crippen LogP contribution in [0.25, 0.3) is 0 Å². The van der Waals surface area contributed by atoms with Crippen molar-refractivity contribution in [1.82, 2.24) is 9.78 Å². The van der Waals surface area contributed by atoms with Crippen LogP contribution in [-0.4, -0.2) is 16.3 Å². The first-order chi connectivity index (χ1) is 9.69. The average molecular weight is 271 g/mol. The van der Waals surface area contributed by atoms with E-state index >= 15 is 0 Å². The summed E-state index contributed by atoms with van der Waals surface area (Å²) in [6.07, 6.45) is 1.94. The number of nitrogens with two attached hydrogens (primary N) is 1. The zero-order valence-corrected chi connectivity index (χ0v) is 12.8. The number of aromatic nitrogens is 2. The zero-order chi connectivity index (χ0) is 14.5. The van der Waals surface area contributed by atoms with Gasteiger partial charge in [0.05, 0.1) is 5.69 Å². The first-order valence-electron chi connectivity index (χ1n) is 7.50. The van der Waals surface area contributed by atoms with E-state index in [1.165, 1.54) is 22.5 Å². The van der Waals surface area contributed by atoms with Crippen LogP contribution in [0.15, 0.2) is 30.3 Å². The van der Waals surface area contributed by atoms with Gasteiger partial charge in [0, 0.05) is 18.2 Å². The molecule has 1 aromatic heterocycles.